The van der Waals surface area contributed by atoms with Crippen LogP contribution in [0.3, 0.4) is 0 Å². The van der Waals surface area contributed by atoms with Crippen molar-refractivity contribution >= 4 is 11.5 Å². The number of carbonyl (C=O) groups excluding carboxylic acids is 1. The number of anilines is 1. The molecule has 0 atom stereocenters. The van der Waals surface area contributed by atoms with E-state index in [2.05, 4.69) is 30.9 Å². The summed E-state index contributed by atoms with van der Waals surface area (Å²) in [7, 11) is 0. The average molecular weight is 245 g/mol. The van der Waals surface area contributed by atoms with Gasteiger partial charge in [-0.25, -0.2) is 0 Å². The van der Waals surface area contributed by atoms with Crippen LogP contribution in [0.15, 0.2) is 18.2 Å². The third-order valence-electron chi connectivity index (χ3n) is 3.69. The predicted molar refractivity (Wildman–Crippen MR) is 76.4 cm³/mol. The Labute approximate surface area is 110 Å². The van der Waals surface area contributed by atoms with E-state index in [-0.39, 0.29) is 5.78 Å². The molecule has 0 radical (unpaired) electrons. The van der Waals surface area contributed by atoms with Gasteiger partial charge in [0.2, 0.25) is 0 Å². The summed E-state index contributed by atoms with van der Waals surface area (Å²) in [5.41, 5.74) is 3.52. The largest absolute Gasteiger partial charge is 0.371 e. The van der Waals surface area contributed by atoms with E-state index in [0.717, 1.165) is 31.0 Å². The summed E-state index contributed by atoms with van der Waals surface area (Å²) in [6.45, 7) is 8.44. The van der Waals surface area contributed by atoms with Crippen LogP contribution in [-0.4, -0.2) is 18.9 Å². The van der Waals surface area contributed by atoms with Crippen molar-refractivity contribution in [2.24, 2.45) is 5.92 Å². The topological polar surface area (TPSA) is 20.3 Å². The van der Waals surface area contributed by atoms with Crippen LogP contribution >= 0.6 is 0 Å². The molecule has 18 heavy (non-hydrogen) atoms. The highest BCUT2D eigenvalue weighted by Gasteiger charge is 2.19. The maximum Gasteiger partial charge on any atom is 0.159 e. The molecule has 1 heterocycles. The molecule has 1 aliphatic rings. The minimum absolute atomic E-state index is 0.163. The van der Waals surface area contributed by atoms with Gasteiger partial charge in [-0.15, -0.1) is 0 Å². The van der Waals surface area contributed by atoms with E-state index < -0.39 is 0 Å². The van der Waals surface area contributed by atoms with E-state index in [0.29, 0.717) is 0 Å². The van der Waals surface area contributed by atoms with Crippen molar-refractivity contribution in [3.05, 3.63) is 29.3 Å². The predicted octanol–water partition coefficient (Wildman–Crippen LogP) is 3.69. The number of rotatable bonds is 5. The first-order valence-electron chi connectivity index (χ1n) is 6.96. The van der Waals surface area contributed by atoms with E-state index in [1.165, 1.54) is 24.1 Å². The summed E-state index contributed by atoms with van der Waals surface area (Å²) in [5, 5.41) is 0. The Kier molecular flexibility index (Phi) is 4.05. The van der Waals surface area contributed by atoms with Gasteiger partial charge in [-0.1, -0.05) is 13.8 Å². The molecule has 0 spiro atoms. The first-order chi connectivity index (χ1) is 8.58. The summed E-state index contributed by atoms with van der Waals surface area (Å²) in [4.78, 5) is 13.8. The van der Waals surface area contributed by atoms with Gasteiger partial charge in [0.05, 0.1) is 0 Å². The zero-order valence-corrected chi connectivity index (χ0v) is 11.7. The Morgan fingerprint density at radius 1 is 1.39 bits per heavy atom. The van der Waals surface area contributed by atoms with Crippen LogP contribution in [0.4, 0.5) is 5.69 Å². The summed E-state index contributed by atoms with van der Waals surface area (Å²) in [6, 6.07) is 6.15. The van der Waals surface area contributed by atoms with E-state index in [1.54, 1.807) is 6.92 Å². The Hall–Kier alpha value is -1.31. The van der Waals surface area contributed by atoms with Crippen molar-refractivity contribution < 1.29 is 4.79 Å². The molecule has 0 bridgehead atoms. The highest BCUT2D eigenvalue weighted by Crippen LogP contribution is 2.29. The summed E-state index contributed by atoms with van der Waals surface area (Å²) in [6.07, 6.45) is 3.63. The quantitative estimate of drug-likeness (QED) is 0.737. The molecule has 2 rings (SSSR count). The van der Waals surface area contributed by atoms with Crippen molar-refractivity contribution in [3.8, 4) is 0 Å². The van der Waals surface area contributed by atoms with Crippen LogP contribution < -0.4 is 4.90 Å². The molecule has 98 valence electrons. The molecule has 2 heteroatoms. The van der Waals surface area contributed by atoms with E-state index >= 15 is 0 Å². The minimum Gasteiger partial charge on any atom is -0.371 e. The van der Waals surface area contributed by atoms with E-state index in [1.807, 2.05) is 6.07 Å². The highest BCUT2D eigenvalue weighted by molar-refractivity contribution is 5.94. The SMILES string of the molecule is CC(=O)c1ccc2c(c1)CCN2CCCC(C)C. The van der Waals surface area contributed by atoms with Crippen LogP contribution in [0.5, 0.6) is 0 Å². The lowest BCUT2D eigenvalue weighted by Gasteiger charge is -2.20. The molecule has 0 fully saturated rings. The second kappa shape index (κ2) is 5.55. The number of nitrogens with zero attached hydrogens (tertiary/aromatic N) is 1. The van der Waals surface area contributed by atoms with Crippen LogP contribution in [0.2, 0.25) is 0 Å². The minimum atomic E-state index is 0.163. The first-order valence-corrected chi connectivity index (χ1v) is 6.96. The molecule has 0 aliphatic carbocycles. The monoisotopic (exact) mass is 245 g/mol. The zero-order chi connectivity index (χ0) is 13.1. The van der Waals surface area contributed by atoms with Crippen molar-refractivity contribution in [2.45, 2.75) is 40.0 Å². The van der Waals surface area contributed by atoms with Crippen molar-refractivity contribution in [3.63, 3.8) is 0 Å². The standard InChI is InChI=1S/C16H23NO/c1-12(2)5-4-9-17-10-8-15-11-14(13(3)18)6-7-16(15)17/h6-7,11-12H,4-5,8-10H2,1-3H3. The summed E-state index contributed by atoms with van der Waals surface area (Å²) < 4.78 is 0. The number of hydrogen-bond donors (Lipinski definition) is 0. The molecule has 0 aromatic heterocycles. The highest BCUT2D eigenvalue weighted by atomic mass is 16.1. The van der Waals surface area contributed by atoms with Crippen LogP contribution in [0.25, 0.3) is 0 Å². The van der Waals surface area contributed by atoms with Crippen LogP contribution in [0, 0.1) is 5.92 Å². The van der Waals surface area contributed by atoms with Gasteiger partial charge in [0, 0.05) is 24.3 Å². The molecule has 1 aromatic rings. The molecule has 2 nitrogen and oxygen atoms in total. The molecule has 0 saturated heterocycles. The van der Waals surface area contributed by atoms with Crippen molar-refractivity contribution in [1.29, 1.82) is 0 Å². The maximum atomic E-state index is 11.4. The van der Waals surface area contributed by atoms with Crippen LogP contribution in [-0.2, 0) is 6.42 Å². The van der Waals surface area contributed by atoms with E-state index in [9.17, 15) is 4.79 Å². The lowest BCUT2D eigenvalue weighted by Crippen LogP contribution is -2.21. The van der Waals surface area contributed by atoms with Gasteiger partial charge in [0.1, 0.15) is 0 Å². The van der Waals surface area contributed by atoms with Gasteiger partial charge in [0.15, 0.2) is 5.78 Å². The van der Waals surface area contributed by atoms with Crippen LogP contribution in [0.1, 0.15) is 49.5 Å². The van der Waals surface area contributed by atoms with E-state index in [4.69, 9.17) is 0 Å². The van der Waals surface area contributed by atoms with Gasteiger partial charge in [-0.2, -0.15) is 0 Å². The number of carbonyl (C=O) groups is 1. The summed E-state index contributed by atoms with van der Waals surface area (Å²) in [5.74, 6) is 0.947. The van der Waals surface area contributed by atoms with Gasteiger partial charge in [-0.05, 0) is 55.9 Å². The first kappa shape index (κ1) is 13.1. The average Bonchev–Trinajstić information content (AvgIpc) is 2.71. The van der Waals surface area contributed by atoms with Gasteiger partial charge in [-0.3, -0.25) is 4.79 Å². The smallest absolute Gasteiger partial charge is 0.159 e. The Balaban J connectivity index is 2.02. The molecule has 0 saturated carbocycles. The maximum absolute atomic E-state index is 11.4. The molecule has 0 amide bonds. The normalized spacial score (nSPS) is 14.1. The Morgan fingerprint density at radius 2 is 2.17 bits per heavy atom. The molecular formula is C16H23NO. The third-order valence-corrected chi connectivity index (χ3v) is 3.69. The number of ketones is 1. The fourth-order valence-electron chi connectivity index (χ4n) is 2.61. The van der Waals surface area contributed by atoms with Gasteiger partial charge >= 0.3 is 0 Å². The fourth-order valence-corrected chi connectivity index (χ4v) is 2.61. The summed E-state index contributed by atoms with van der Waals surface area (Å²) >= 11 is 0. The number of benzene rings is 1. The van der Waals surface area contributed by atoms with Crippen molar-refractivity contribution in [1.82, 2.24) is 0 Å². The Bertz CT molecular complexity index is 437. The van der Waals surface area contributed by atoms with Crippen molar-refractivity contribution in [2.75, 3.05) is 18.0 Å². The number of hydrogen-bond acceptors (Lipinski definition) is 2. The zero-order valence-electron chi connectivity index (χ0n) is 11.7. The van der Waals surface area contributed by atoms with Gasteiger partial charge < -0.3 is 4.90 Å². The second-order valence-corrected chi connectivity index (χ2v) is 5.67. The molecule has 1 aromatic carbocycles. The lowest BCUT2D eigenvalue weighted by atomic mass is 10.1. The molecule has 1 aliphatic heterocycles. The lowest BCUT2D eigenvalue weighted by molar-refractivity contribution is 0.101. The molecule has 0 N–H and O–H groups in total. The Morgan fingerprint density at radius 3 is 2.83 bits per heavy atom. The molecular weight excluding hydrogens is 222 g/mol. The number of Topliss-reactive ketones (excluding diaryl/α,β-unsaturated/α-hetero) is 1. The fraction of sp³-hybridized carbons (Fsp3) is 0.562. The number of fused-ring (bicyclic) bond motifs is 1. The third kappa shape index (κ3) is 2.92. The van der Waals surface area contributed by atoms with Gasteiger partial charge in [0.25, 0.3) is 0 Å². The molecule has 0 unspecified atom stereocenters. The second-order valence-electron chi connectivity index (χ2n) is 5.67.